The summed E-state index contributed by atoms with van der Waals surface area (Å²) in [4.78, 5) is 22.2. The Bertz CT molecular complexity index is 671. The molecule has 6 heteroatoms. The first-order valence-electron chi connectivity index (χ1n) is 6.22. The van der Waals surface area contributed by atoms with Crippen molar-refractivity contribution in [3.63, 3.8) is 0 Å². The second kappa shape index (κ2) is 6.60. The number of carbonyl (C=O) groups is 1. The van der Waals surface area contributed by atoms with Gasteiger partial charge in [0.2, 0.25) is 16.9 Å². The van der Waals surface area contributed by atoms with Crippen LogP contribution in [0.15, 0.2) is 45.8 Å². The Balaban J connectivity index is 1.93. The first kappa shape index (κ1) is 14.6. The SMILES string of the molecule is COc1ccc(CCOc2coc(C(=O)O)cc2=O)cc1. The molecule has 2 aromatic rings. The summed E-state index contributed by atoms with van der Waals surface area (Å²) in [5, 5.41) is 8.68. The number of methoxy groups -OCH3 is 1. The molecule has 0 unspecified atom stereocenters. The van der Waals surface area contributed by atoms with Gasteiger partial charge in [0.1, 0.15) is 12.0 Å². The van der Waals surface area contributed by atoms with Crippen molar-refractivity contribution in [3.8, 4) is 11.5 Å². The van der Waals surface area contributed by atoms with Crippen LogP contribution in [0.25, 0.3) is 0 Å². The number of hydrogen-bond acceptors (Lipinski definition) is 5. The Morgan fingerprint density at radius 2 is 2.00 bits per heavy atom. The van der Waals surface area contributed by atoms with Crippen LogP contribution in [0.3, 0.4) is 0 Å². The van der Waals surface area contributed by atoms with Crippen molar-refractivity contribution in [2.24, 2.45) is 0 Å². The summed E-state index contributed by atoms with van der Waals surface area (Å²) in [6.45, 7) is 0.281. The first-order valence-corrected chi connectivity index (χ1v) is 6.22. The van der Waals surface area contributed by atoms with Gasteiger partial charge in [0.25, 0.3) is 0 Å². The van der Waals surface area contributed by atoms with Crippen LogP contribution >= 0.6 is 0 Å². The third kappa shape index (κ3) is 3.85. The molecule has 0 atom stereocenters. The largest absolute Gasteiger partial charge is 0.497 e. The smallest absolute Gasteiger partial charge is 0.371 e. The van der Waals surface area contributed by atoms with Crippen LogP contribution in [0.5, 0.6) is 11.5 Å². The lowest BCUT2D eigenvalue weighted by molar-refractivity contribution is 0.0658. The molecule has 0 aliphatic heterocycles. The Hall–Kier alpha value is -2.76. The number of carboxylic acid groups (broad SMARTS) is 1. The molecular weight excluding hydrogens is 276 g/mol. The van der Waals surface area contributed by atoms with Crippen molar-refractivity contribution >= 4 is 5.97 Å². The van der Waals surface area contributed by atoms with Gasteiger partial charge in [-0.2, -0.15) is 0 Å². The molecule has 0 radical (unpaired) electrons. The van der Waals surface area contributed by atoms with E-state index in [2.05, 4.69) is 0 Å². The number of ether oxygens (including phenoxy) is 2. The number of aromatic carboxylic acids is 1. The molecule has 0 fully saturated rings. The van der Waals surface area contributed by atoms with Crippen LogP contribution in [0.1, 0.15) is 16.1 Å². The summed E-state index contributed by atoms with van der Waals surface area (Å²) in [6.07, 6.45) is 1.62. The Morgan fingerprint density at radius 1 is 1.29 bits per heavy atom. The lowest BCUT2D eigenvalue weighted by atomic mass is 10.1. The van der Waals surface area contributed by atoms with E-state index >= 15 is 0 Å². The number of rotatable bonds is 6. The number of carboxylic acids is 1. The lowest BCUT2D eigenvalue weighted by Gasteiger charge is -2.06. The van der Waals surface area contributed by atoms with E-state index < -0.39 is 17.2 Å². The van der Waals surface area contributed by atoms with Crippen LogP contribution in [-0.2, 0) is 6.42 Å². The Kier molecular flexibility index (Phi) is 4.61. The third-order valence-electron chi connectivity index (χ3n) is 2.82. The fourth-order valence-corrected chi connectivity index (χ4v) is 1.69. The zero-order valence-corrected chi connectivity index (χ0v) is 11.4. The highest BCUT2D eigenvalue weighted by Crippen LogP contribution is 2.12. The van der Waals surface area contributed by atoms with Crippen molar-refractivity contribution in [1.82, 2.24) is 0 Å². The van der Waals surface area contributed by atoms with Gasteiger partial charge >= 0.3 is 5.97 Å². The zero-order chi connectivity index (χ0) is 15.2. The molecule has 0 amide bonds. The summed E-state index contributed by atoms with van der Waals surface area (Å²) in [6, 6.07) is 8.37. The molecule has 0 aliphatic carbocycles. The minimum atomic E-state index is -1.29. The van der Waals surface area contributed by atoms with Crippen LogP contribution in [-0.4, -0.2) is 24.8 Å². The predicted octanol–water partition coefficient (Wildman–Crippen LogP) is 1.97. The standard InChI is InChI=1S/C15H14O6/c1-19-11-4-2-10(3-5-11)6-7-20-14-9-21-13(15(17)18)8-12(14)16/h2-5,8-9H,6-7H2,1H3,(H,17,18). The van der Waals surface area contributed by atoms with Gasteiger partial charge in [-0.25, -0.2) is 4.79 Å². The van der Waals surface area contributed by atoms with Crippen molar-refractivity contribution in [3.05, 3.63) is 58.1 Å². The molecule has 6 nitrogen and oxygen atoms in total. The zero-order valence-electron chi connectivity index (χ0n) is 11.4. The molecule has 1 heterocycles. The lowest BCUT2D eigenvalue weighted by Crippen LogP contribution is -2.11. The topological polar surface area (TPSA) is 86.0 Å². The average molecular weight is 290 g/mol. The normalized spacial score (nSPS) is 10.1. The van der Waals surface area contributed by atoms with E-state index in [4.69, 9.17) is 19.0 Å². The molecule has 2 rings (SSSR count). The van der Waals surface area contributed by atoms with E-state index in [0.29, 0.717) is 6.42 Å². The van der Waals surface area contributed by atoms with Crippen LogP contribution in [0.2, 0.25) is 0 Å². The maximum absolute atomic E-state index is 11.6. The highest BCUT2D eigenvalue weighted by Gasteiger charge is 2.10. The van der Waals surface area contributed by atoms with E-state index in [-0.39, 0.29) is 12.4 Å². The maximum atomic E-state index is 11.6. The highest BCUT2D eigenvalue weighted by molar-refractivity contribution is 5.84. The molecule has 1 aromatic heterocycles. The number of benzene rings is 1. The number of hydrogen-bond donors (Lipinski definition) is 1. The van der Waals surface area contributed by atoms with Crippen LogP contribution in [0, 0.1) is 0 Å². The fraction of sp³-hybridized carbons (Fsp3) is 0.200. The minimum Gasteiger partial charge on any atom is -0.497 e. The first-order chi connectivity index (χ1) is 10.1. The molecule has 0 saturated carbocycles. The predicted molar refractivity (Wildman–Crippen MR) is 74.1 cm³/mol. The average Bonchev–Trinajstić information content (AvgIpc) is 2.49. The quantitative estimate of drug-likeness (QED) is 0.875. The summed E-state index contributed by atoms with van der Waals surface area (Å²) in [5.41, 5.74) is 0.510. The molecule has 21 heavy (non-hydrogen) atoms. The molecule has 110 valence electrons. The summed E-state index contributed by atoms with van der Waals surface area (Å²) in [7, 11) is 1.60. The molecule has 0 spiro atoms. The summed E-state index contributed by atoms with van der Waals surface area (Å²) >= 11 is 0. The van der Waals surface area contributed by atoms with Crippen molar-refractivity contribution in [2.45, 2.75) is 6.42 Å². The fourth-order valence-electron chi connectivity index (χ4n) is 1.69. The minimum absolute atomic E-state index is 0.00601. The van der Waals surface area contributed by atoms with E-state index in [0.717, 1.165) is 23.6 Å². The van der Waals surface area contributed by atoms with Gasteiger partial charge < -0.3 is 19.0 Å². The van der Waals surface area contributed by atoms with Gasteiger partial charge in [0.15, 0.2) is 0 Å². The van der Waals surface area contributed by atoms with Gasteiger partial charge in [-0.3, -0.25) is 4.79 Å². The molecule has 0 saturated heterocycles. The maximum Gasteiger partial charge on any atom is 0.371 e. The Labute approximate surface area is 120 Å². The second-order valence-corrected chi connectivity index (χ2v) is 4.22. The van der Waals surface area contributed by atoms with E-state index in [1.165, 1.54) is 0 Å². The summed E-state index contributed by atoms with van der Waals surface area (Å²) < 4.78 is 15.2. The highest BCUT2D eigenvalue weighted by atomic mass is 16.5. The van der Waals surface area contributed by atoms with Gasteiger partial charge in [-0.05, 0) is 17.7 Å². The van der Waals surface area contributed by atoms with Crippen molar-refractivity contribution in [1.29, 1.82) is 0 Å². The van der Waals surface area contributed by atoms with Crippen LogP contribution < -0.4 is 14.9 Å². The molecule has 1 N–H and O–H groups in total. The van der Waals surface area contributed by atoms with Crippen LogP contribution in [0.4, 0.5) is 0 Å². The third-order valence-corrected chi connectivity index (χ3v) is 2.82. The molecular formula is C15H14O6. The molecule has 0 bridgehead atoms. The monoisotopic (exact) mass is 290 g/mol. The van der Waals surface area contributed by atoms with E-state index in [1.54, 1.807) is 7.11 Å². The second-order valence-electron chi connectivity index (χ2n) is 4.22. The van der Waals surface area contributed by atoms with Gasteiger partial charge in [0, 0.05) is 12.5 Å². The van der Waals surface area contributed by atoms with E-state index in [9.17, 15) is 9.59 Å². The van der Waals surface area contributed by atoms with Crippen molar-refractivity contribution < 1.29 is 23.8 Å². The van der Waals surface area contributed by atoms with Crippen molar-refractivity contribution in [2.75, 3.05) is 13.7 Å². The molecule has 0 aliphatic rings. The molecule has 1 aromatic carbocycles. The Morgan fingerprint density at radius 3 is 2.57 bits per heavy atom. The van der Waals surface area contributed by atoms with Gasteiger partial charge in [0.05, 0.1) is 13.7 Å². The van der Waals surface area contributed by atoms with Gasteiger partial charge in [-0.1, -0.05) is 12.1 Å². The van der Waals surface area contributed by atoms with Gasteiger partial charge in [-0.15, -0.1) is 0 Å². The van der Waals surface area contributed by atoms with E-state index in [1.807, 2.05) is 24.3 Å². The summed E-state index contributed by atoms with van der Waals surface area (Å²) in [5.74, 6) is -0.947.